The van der Waals surface area contributed by atoms with Crippen molar-refractivity contribution in [3.63, 3.8) is 0 Å². The number of nitrogens with one attached hydrogen (secondary N) is 2. The van der Waals surface area contributed by atoms with E-state index in [9.17, 15) is 0 Å². The second-order valence-electron chi connectivity index (χ2n) is 5.29. The molecule has 0 bridgehead atoms. The van der Waals surface area contributed by atoms with E-state index in [1.165, 1.54) is 0 Å². The Morgan fingerprint density at radius 2 is 2.04 bits per heavy atom. The van der Waals surface area contributed by atoms with E-state index in [1.807, 2.05) is 48.5 Å². The number of nitrogens with two attached hydrogens (primary N) is 1. The van der Waals surface area contributed by atoms with Gasteiger partial charge >= 0.3 is 0 Å². The highest BCUT2D eigenvalue weighted by atomic mass is 16.5. The second-order valence-corrected chi connectivity index (χ2v) is 5.29. The van der Waals surface area contributed by atoms with Crippen molar-refractivity contribution in [2.24, 2.45) is 10.7 Å². The topological polar surface area (TPSA) is 84.8 Å². The van der Waals surface area contributed by atoms with Gasteiger partial charge in [-0.25, -0.2) is 4.99 Å². The minimum atomic E-state index is -0.720. The lowest BCUT2D eigenvalue weighted by Gasteiger charge is -2.31. The number of ether oxygens (including phenoxy) is 1. The Balaban J connectivity index is 1.51. The van der Waals surface area contributed by atoms with Gasteiger partial charge in [0.25, 0.3) is 0 Å². The molecule has 0 spiro atoms. The summed E-state index contributed by atoms with van der Waals surface area (Å²) in [6.07, 6.45) is 5.82. The summed E-state index contributed by atoms with van der Waals surface area (Å²) >= 11 is 0. The van der Waals surface area contributed by atoms with Crippen LogP contribution in [0, 0.1) is 0 Å². The number of aliphatic imine (C=N–C) groups is 1. The Bertz CT molecular complexity index is 667. The van der Waals surface area contributed by atoms with Crippen molar-refractivity contribution in [2.75, 3.05) is 13.2 Å². The Morgan fingerprint density at radius 1 is 1.17 bits per heavy atom. The molecular weight excluding hydrogens is 292 g/mol. The lowest BCUT2D eigenvalue weighted by molar-refractivity contribution is 0.328. The molecule has 1 aliphatic heterocycles. The standard InChI is InChI=1S/C17H20N4O2/c18-17(13-15-7-4-11-22-15)8-9-19-16(21-17)20-10-12-23-14-5-2-1-3-6-14/h1-9,11H,10,12-13,18H2,(H2,19,20,21). The lowest BCUT2D eigenvalue weighted by Crippen LogP contribution is -2.61. The highest BCUT2D eigenvalue weighted by Gasteiger charge is 2.27. The predicted octanol–water partition coefficient (Wildman–Crippen LogP) is 1.62. The lowest BCUT2D eigenvalue weighted by atomic mass is 10.0. The summed E-state index contributed by atoms with van der Waals surface area (Å²) in [5.74, 6) is 2.28. The summed E-state index contributed by atoms with van der Waals surface area (Å²) in [4.78, 5) is 4.43. The third-order valence-corrected chi connectivity index (χ3v) is 3.37. The smallest absolute Gasteiger partial charge is 0.197 e. The van der Waals surface area contributed by atoms with Gasteiger partial charge in [-0.15, -0.1) is 0 Å². The quantitative estimate of drug-likeness (QED) is 0.706. The van der Waals surface area contributed by atoms with Crippen LogP contribution in [-0.2, 0) is 6.42 Å². The number of hydrogen-bond donors (Lipinski definition) is 3. The van der Waals surface area contributed by atoms with E-state index in [-0.39, 0.29) is 0 Å². The molecule has 0 aliphatic carbocycles. The van der Waals surface area contributed by atoms with Crippen molar-refractivity contribution in [1.29, 1.82) is 0 Å². The van der Waals surface area contributed by atoms with E-state index < -0.39 is 5.66 Å². The van der Waals surface area contributed by atoms with E-state index >= 15 is 0 Å². The van der Waals surface area contributed by atoms with Gasteiger partial charge in [0.05, 0.1) is 12.8 Å². The van der Waals surface area contributed by atoms with Crippen LogP contribution in [0.15, 0.2) is 70.4 Å². The number of para-hydroxylation sites is 1. The molecule has 2 aromatic rings. The second kappa shape index (κ2) is 7.02. The summed E-state index contributed by atoms with van der Waals surface area (Å²) < 4.78 is 11.0. The van der Waals surface area contributed by atoms with Gasteiger partial charge in [-0.1, -0.05) is 18.2 Å². The molecule has 1 aromatic heterocycles. The number of rotatable bonds is 6. The SMILES string of the molecule is NC1(Cc2ccco2)C=CNC(=NCCOc2ccccc2)N1. The summed E-state index contributed by atoms with van der Waals surface area (Å²) in [6, 6.07) is 13.4. The van der Waals surface area contributed by atoms with Crippen LogP contribution in [0.3, 0.4) is 0 Å². The fourth-order valence-electron chi connectivity index (χ4n) is 2.29. The van der Waals surface area contributed by atoms with Gasteiger partial charge < -0.3 is 25.5 Å². The first-order chi connectivity index (χ1) is 11.2. The normalized spacial score (nSPS) is 21.7. The first-order valence-electron chi connectivity index (χ1n) is 7.49. The molecule has 6 heteroatoms. The fraction of sp³-hybridized carbons (Fsp3) is 0.235. The average molecular weight is 312 g/mol. The summed E-state index contributed by atoms with van der Waals surface area (Å²) in [7, 11) is 0. The molecule has 0 amide bonds. The molecule has 3 rings (SSSR count). The van der Waals surface area contributed by atoms with Crippen LogP contribution >= 0.6 is 0 Å². The molecule has 1 unspecified atom stereocenters. The van der Waals surface area contributed by atoms with Crippen molar-refractivity contribution in [1.82, 2.24) is 10.6 Å². The Kier molecular flexibility index (Phi) is 4.63. The van der Waals surface area contributed by atoms with E-state index in [0.717, 1.165) is 11.5 Å². The fourth-order valence-corrected chi connectivity index (χ4v) is 2.29. The summed E-state index contributed by atoms with van der Waals surface area (Å²) in [6.45, 7) is 1.02. The number of benzene rings is 1. The molecule has 0 fully saturated rings. The van der Waals surface area contributed by atoms with E-state index in [1.54, 1.807) is 12.5 Å². The molecule has 0 saturated carbocycles. The van der Waals surface area contributed by atoms with Gasteiger partial charge in [0, 0.05) is 12.6 Å². The third kappa shape index (κ3) is 4.37. The van der Waals surface area contributed by atoms with Crippen LogP contribution < -0.4 is 21.1 Å². The molecular formula is C17H20N4O2. The van der Waals surface area contributed by atoms with Crippen LogP contribution in [-0.4, -0.2) is 24.8 Å². The Morgan fingerprint density at radius 3 is 2.83 bits per heavy atom. The molecule has 1 atom stereocenters. The number of guanidine groups is 1. The summed E-state index contributed by atoms with van der Waals surface area (Å²) in [5, 5.41) is 6.23. The zero-order valence-corrected chi connectivity index (χ0v) is 12.7. The van der Waals surface area contributed by atoms with Crippen LogP contribution in [0.2, 0.25) is 0 Å². The molecule has 0 radical (unpaired) electrons. The molecule has 23 heavy (non-hydrogen) atoms. The molecule has 1 aromatic carbocycles. The molecule has 4 N–H and O–H groups in total. The number of hydrogen-bond acceptors (Lipinski definition) is 4. The van der Waals surface area contributed by atoms with E-state index in [4.69, 9.17) is 14.9 Å². The van der Waals surface area contributed by atoms with Gasteiger partial charge in [0.2, 0.25) is 0 Å². The van der Waals surface area contributed by atoms with Gasteiger partial charge in [0.1, 0.15) is 23.8 Å². The van der Waals surface area contributed by atoms with Crippen molar-refractivity contribution >= 4 is 5.96 Å². The maximum Gasteiger partial charge on any atom is 0.197 e. The van der Waals surface area contributed by atoms with Gasteiger partial charge in [0.15, 0.2) is 5.96 Å². The highest BCUT2D eigenvalue weighted by molar-refractivity contribution is 5.83. The number of furan rings is 1. The van der Waals surface area contributed by atoms with Crippen molar-refractivity contribution in [3.05, 3.63) is 66.8 Å². The first kappa shape index (κ1) is 15.2. The minimum Gasteiger partial charge on any atom is -0.492 e. The minimum absolute atomic E-state index is 0.496. The zero-order valence-electron chi connectivity index (χ0n) is 12.7. The molecule has 1 aliphatic rings. The van der Waals surface area contributed by atoms with Gasteiger partial charge in [-0.2, -0.15) is 0 Å². The van der Waals surface area contributed by atoms with Crippen LogP contribution in [0.25, 0.3) is 0 Å². The van der Waals surface area contributed by atoms with E-state index in [2.05, 4.69) is 15.6 Å². The van der Waals surface area contributed by atoms with Crippen LogP contribution in [0.5, 0.6) is 5.75 Å². The van der Waals surface area contributed by atoms with Crippen molar-refractivity contribution in [2.45, 2.75) is 12.1 Å². The molecule has 120 valence electrons. The molecule has 2 heterocycles. The highest BCUT2D eigenvalue weighted by Crippen LogP contribution is 2.12. The molecule has 0 saturated heterocycles. The Labute approximate surface area is 135 Å². The maximum absolute atomic E-state index is 6.33. The van der Waals surface area contributed by atoms with Crippen molar-refractivity contribution < 1.29 is 9.15 Å². The zero-order chi connectivity index (χ0) is 16.0. The largest absolute Gasteiger partial charge is 0.492 e. The van der Waals surface area contributed by atoms with Gasteiger partial charge in [-0.3, -0.25) is 0 Å². The van der Waals surface area contributed by atoms with Gasteiger partial charge in [-0.05, 0) is 30.3 Å². The predicted molar refractivity (Wildman–Crippen MR) is 89.0 cm³/mol. The average Bonchev–Trinajstić information content (AvgIpc) is 3.05. The van der Waals surface area contributed by atoms with Crippen LogP contribution in [0.1, 0.15) is 5.76 Å². The first-order valence-corrected chi connectivity index (χ1v) is 7.49. The maximum atomic E-state index is 6.33. The van der Waals surface area contributed by atoms with Crippen molar-refractivity contribution in [3.8, 4) is 5.75 Å². The van der Waals surface area contributed by atoms with Crippen LogP contribution in [0.4, 0.5) is 0 Å². The third-order valence-electron chi connectivity index (χ3n) is 3.37. The summed E-state index contributed by atoms with van der Waals surface area (Å²) in [5.41, 5.74) is 5.61. The molecule has 6 nitrogen and oxygen atoms in total. The number of nitrogens with zero attached hydrogens (tertiary/aromatic N) is 1. The Hall–Kier alpha value is -2.73. The monoisotopic (exact) mass is 312 g/mol. The van der Waals surface area contributed by atoms with E-state index in [0.29, 0.717) is 25.5 Å².